The number of rotatable bonds is 1. The molecular formula is C4HF7O. The molecule has 0 aliphatic carbocycles. The predicted molar refractivity (Wildman–Crippen MR) is 20.8 cm³/mol. The molecule has 0 radical (unpaired) electrons. The van der Waals surface area contributed by atoms with Crippen molar-refractivity contribution in [1.29, 1.82) is 0 Å². The zero-order chi connectivity index (χ0) is 9.78. The van der Waals surface area contributed by atoms with Gasteiger partial charge in [-0.2, -0.15) is 22.0 Å². The molecule has 0 aromatic rings. The second-order valence-corrected chi connectivity index (χ2v) is 2.14. The minimum absolute atomic E-state index is 2.71. The summed E-state index contributed by atoms with van der Waals surface area (Å²) in [6.07, 6.45) is -9.94. The van der Waals surface area contributed by atoms with Crippen LogP contribution in [0.4, 0.5) is 30.7 Å². The Bertz CT molecular complexity index is 200. The highest BCUT2D eigenvalue weighted by molar-refractivity contribution is 5.08. The summed E-state index contributed by atoms with van der Waals surface area (Å²) in [7, 11) is 0. The lowest BCUT2D eigenvalue weighted by Gasteiger charge is -2.08. The van der Waals surface area contributed by atoms with Gasteiger partial charge in [0.05, 0.1) is 0 Å². The van der Waals surface area contributed by atoms with E-state index in [-0.39, 0.29) is 0 Å². The summed E-state index contributed by atoms with van der Waals surface area (Å²) in [5.74, 6) is -9.39. The van der Waals surface area contributed by atoms with E-state index in [0.717, 1.165) is 0 Å². The quantitative estimate of drug-likeness (QED) is 0.464. The number of epoxide rings is 1. The molecule has 1 aliphatic rings. The maximum absolute atomic E-state index is 12.1. The van der Waals surface area contributed by atoms with Gasteiger partial charge in [0, 0.05) is 0 Å². The Kier molecular flexibility index (Phi) is 1.62. The molecule has 0 saturated carbocycles. The average molecular weight is 198 g/mol. The summed E-state index contributed by atoms with van der Waals surface area (Å²) in [5, 5.41) is 0. The summed E-state index contributed by atoms with van der Waals surface area (Å²) in [4.78, 5) is 0. The smallest absolute Gasteiger partial charge is 0.287 e. The number of hydrogen-bond donors (Lipinski definition) is 0. The van der Waals surface area contributed by atoms with Crippen LogP contribution in [0.3, 0.4) is 0 Å². The molecule has 1 nitrogen and oxygen atoms in total. The first-order chi connectivity index (χ1) is 5.15. The molecule has 0 amide bonds. The fraction of sp³-hybridized carbons (Fsp3) is 1.00. The van der Waals surface area contributed by atoms with E-state index in [9.17, 15) is 30.7 Å². The van der Waals surface area contributed by atoms with Gasteiger partial charge in [0.15, 0.2) is 0 Å². The van der Waals surface area contributed by atoms with Crippen LogP contribution in [0.15, 0.2) is 0 Å². The van der Waals surface area contributed by atoms with Crippen molar-refractivity contribution < 1.29 is 35.5 Å². The molecule has 8 heteroatoms. The zero-order valence-corrected chi connectivity index (χ0v) is 5.13. The molecule has 2 atom stereocenters. The second kappa shape index (κ2) is 2.04. The van der Waals surface area contributed by atoms with E-state index in [4.69, 9.17) is 0 Å². The van der Waals surface area contributed by atoms with Crippen LogP contribution in [-0.2, 0) is 4.74 Å². The number of halogens is 7. The molecule has 0 N–H and O–H groups in total. The molecular weight excluding hydrogens is 197 g/mol. The molecule has 0 aromatic carbocycles. The number of ether oxygens (including phenoxy) is 1. The molecule has 0 bridgehead atoms. The largest absolute Gasteiger partial charge is 0.455 e. The van der Waals surface area contributed by atoms with Crippen molar-refractivity contribution in [3.8, 4) is 0 Å². The van der Waals surface area contributed by atoms with Gasteiger partial charge in [-0.05, 0) is 0 Å². The van der Waals surface area contributed by atoms with Gasteiger partial charge in [0.2, 0.25) is 0 Å². The SMILES string of the molecule is FC(F)C1(F)OC1(F)C(F)(F)F. The van der Waals surface area contributed by atoms with E-state index in [1.54, 1.807) is 0 Å². The maximum Gasteiger partial charge on any atom is 0.455 e. The average Bonchev–Trinajstić information content (AvgIpc) is 2.37. The standard InChI is InChI=1S/C4HF7O/c5-1(6)2(7)3(8,12-2)4(9,10)11/h1H. The van der Waals surface area contributed by atoms with Crippen LogP contribution in [0.1, 0.15) is 0 Å². The third-order valence-electron chi connectivity index (χ3n) is 1.33. The van der Waals surface area contributed by atoms with E-state index in [2.05, 4.69) is 4.74 Å². The molecule has 1 heterocycles. The third-order valence-corrected chi connectivity index (χ3v) is 1.33. The molecule has 0 aromatic heterocycles. The van der Waals surface area contributed by atoms with Crippen molar-refractivity contribution in [1.82, 2.24) is 0 Å². The molecule has 12 heavy (non-hydrogen) atoms. The molecule has 1 aliphatic heterocycles. The summed E-state index contributed by atoms with van der Waals surface area (Å²) in [6.45, 7) is 0. The Labute approximate surface area is 61.1 Å². The summed E-state index contributed by atoms with van der Waals surface area (Å²) >= 11 is 0. The first-order valence-electron chi connectivity index (χ1n) is 2.58. The van der Waals surface area contributed by atoms with Gasteiger partial charge in [0.1, 0.15) is 0 Å². The summed E-state index contributed by atoms with van der Waals surface area (Å²) in [6, 6.07) is 0. The minimum Gasteiger partial charge on any atom is -0.287 e. The van der Waals surface area contributed by atoms with Crippen molar-refractivity contribution in [2.24, 2.45) is 0 Å². The van der Waals surface area contributed by atoms with Crippen molar-refractivity contribution >= 4 is 0 Å². The first kappa shape index (κ1) is 9.56. The van der Waals surface area contributed by atoms with Crippen LogP contribution in [0.2, 0.25) is 0 Å². The van der Waals surface area contributed by atoms with E-state index in [1.165, 1.54) is 0 Å². The van der Waals surface area contributed by atoms with E-state index in [0.29, 0.717) is 0 Å². The fourth-order valence-electron chi connectivity index (χ4n) is 0.615. The number of alkyl halides is 7. The Hall–Kier alpha value is -0.530. The van der Waals surface area contributed by atoms with Crippen LogP contribution in [0, 0.1) is 0 Å². The van der Waals surface area contributed by atoms with Gasteiger partial charge >= 0.3 is 24.3 Å². The molecule has 0 spiro atoms. The topological polar surface area (TPSA) is 12.5 Å². The lowest BCUT2D eigenvalue weighted by Crippen LogP contribution is -2.37. The molecule has 1 rings (SSSR count). The molecule has 1 saturated heterocycles. The Morgan fingerprint density at radius 2 is 1.50 bits per heavy atom. The molecule has 1 fully saturated rings. The maximum atomic E-state index is 12.1. The zero-order valence-electron chi connectivity index (χ0n) is 5.13. The Morgan fingerprint density at radius 3 is 1.58 bits per heavy atom. The minimum atomic E-state index is -5.78. The fourth-order valence-corrected chi connectivity index (χ4v) is 0.615. The van der Waals surface area contributed by atoms with Gasteiger partial charge < -0.3 is 0 Å². The van der Waals surface area contributed by atoms with Crippen LogP contribution in [0.5, 0.6) is 0 Å². The van der Waals surface area contributed by atoms with Gasteiger partial charge in [-0.25, -0.2) is 8.78 Å². The summed E-state index contributed by atoms with van der Waals surface area (Å²) in [5.41, 5.74) is 0. The summed E-state index contributed by atoms with van der Waals surface area (Å²) < 4.78 is 83.9. The van der Waals surface area contributed by atoms with Gasteiger partial charge in [0.25, 0.3) is 0 Å². The highest BCUT2D eigenvalue weighted by Gasteiger charge is 2.91. The lowest BCUT2D eigenvalue weighted by atomic mass is 10.2. The highest BCUT2D eigenvalue weighted by atomic mass is 19.4. The van der Waals surface area contributed by atoms with E-state index in [1.807, 2.05) is 0 Å². The van der Waals surface area contributed by atoms with Crippen molar-refractivity contribution in [2.75, 3.05) is 0 Å². The predicted octanol–water partition coefficient (Wildman–Crippen LogP) is 2.18. The second-order valence-electron chi connectivity index (χ2n) is 2.14. The Morgan fingerprint density at radius 1 is 1.08 bits per heavy atom. The number of hydrogen-bond acceptors (Lipinski definition) is 1. The van der Waals surface area contributed by atoms with Gasteiger partial charge in [-0.1, -0.05) is 0 Å². The normalized spacial score (nSPS) is 42.0. The van der Waals surface area contributed by atoms with Gasteiger partial charge in [-0.3, -0.25) is 4.74 Å². The van der Waals surface area contributed by atoms with Crippen LogP contribution in [-0.4, -0.2) is 24.3 Å². The van der Waals surface area contributed by atoms with Crippen LogP contribution < -0.4 is 0 Å². The van der Waals surface area contributed by atoms with E-state index >= 15 is 0 Å². The third kappa shape index (κ3) is 0.900. The van der Waals surface area contributed by atoms with Crippen molar-refractivity contribution in [3.63, 3.8) is 0 Å². The lowest BCUT2D eigenvalue weighted by molar-refractivity contribution is -0.230. The first-order valence-corrected chi connectivity index (χ1v) is 2.58. The molecule has 72 valence electrons. The van der Waals surface area contributed by atoms with Crippen LogP contribution >= 0.6 is 0 Å². The van der Waals surface area contributed by atoms with Gasteiger partial charge in [-0.15, -0.1) is 0 Å². The highest BCUT2D eigenvalue weighted by Crippen LogP contribution is 2.62. The van der Waals surface area contributed by atoms with E-state index < -0.39 is 24.3 Å². The molecule has 2 unspecified atom stereocenters. The van der Waals surface area contributed by atoms with Crippen LogP contribution in [0.25, 0.3) is 0 Å². The Balaban J connectivity index is 2.84. The van der Waals surface area contributed by atoms with Crippen molar-refractivity contribution in [3.05, 3.63) is 0 Å². The van der Waals surface area contributed by atoms with Crippen molar-refractivity contribution in [2.45, 2.75) is 24.3 Å². The monoisotopic (exact) mass is 198 g/mol.